The number of allylic oxidation sites excluding steroid dienone is 5. The molecule has 0 atom stereocenters. The smallest absolute Gasteiger partial charge is 0.203 e. The zero-order valence-corrected chi connectivity index (χ0v) is 14.5. The van der Waals surface area contributed by atoms with E-state index in [1.165, 1.54) is 5.57 Å². The van der Waals surface area contributed by atoms with Crippen molar-refractivity contribution in [2.75, 3.05) is 19.0 Å². The fourth-order valence-electron chi connectivity index (χ4n) is 2.57. The third-order valence-electron chi connectivity index (χ3n) is 3.98. The van der Waals surface area contributed by atoms with Gasteiger partial charge in [0.2, 0.25) is 5.95 Å². The zero-order chi connectivity index (χ0) is 16.9. The van der Waals surface area contributed by atoms with Gasteiger partial charge in [-0.1, -0.05) is 23.8 Å². The number of benzene rings is 1. The normalized spacial score (nSPS) is 14.0. The minimum Gasteiger partial charge on any atom is -0.497 e. The van der Waals surface area contributed by atoms with E-state index in [4.69, 9.17) is 16.3 Å². The molecule has 1 aliphatic carbocycles. The molecule has 0 amide bonds. The number of ether oxygens (including phenoxy) is 1. The van der Waals surface area contributed by atoms with Gasteiger partial charge in [-0.2, -0.15) is 0 Å². The number of imidazole rings is 1. The molecule has 0 fully saturated rings. The SMILES string of the molecule is COc1ccc(-c2cnc(NCC3=CC=C(Cl)C=CC3)n2C)cc1. The lowest BCUT2D eigenvalue weighted by molar-refractivity contribution is 0.415. The Morgan fingerprint density at radius 3 is 2.79 bits per heavy atom. The summed E-state index contributed by atoms with van der Waals surface area (Å²) in [4.78, 5) is 4.49. The van der Waals surface area contributed by atoms with Crippen LogP contribution in [0.1, 0.15) is 6.42 Å². The number of hydrogen-bond acceptors (Lipinski definition) is 3. The summed E-state index contributed by atoms with van der Waals surface area (Å²) in [7, 11) is 3.67. The summed E-state index contributed by atoms with van der Waals surface area (Å²) in [5.41, 5.74) is 3.42. The van der Waals surface area contributed by atoms with Crippen molar-refractivity contribution in [2.45, 2.75) is 6.42 Å². The van der Waals surface area contributed by atoms with Crippen molar-refractivity contribution in [3.63, 3.8) is 0 Å². The van der Waals surface area contributed by atoms with Crippen molar-refractivity contribution in [1.82, 2.24) is 9.55 Å². The van der Waals surface area contributed by atoms with Gasteiger partial charge in [0.05, 0.1) is 19.0 Å². The highest BCUT2D eigenvalue weighted by Crippen LogP contribution is 2.24. The lowest BCUT2D eigenvalue weighted by Gasteiger charge is -2.10. The third-order valence-corrected chi connectivity index (χ3v) is 4.23. The molecular formula is C19H20ClN3O. The summed E-state index contributed by atoms with van der Waals surface area (Å²) in [6, 6.07) is 7.97. The van der Waals surface area contributed by atoms with Gasteiger partial charge in [-0.05, 0) is 48.4 Å². The van der Waals surface area contributed by atoms with E-state index in [0.29, 0.717) is 0 Å². The maximum Gasteiger partial charge on any atom is 0.203 e. The Morgan fingerprint density at radius 2 is 2.04 bits per heavy atom. The third kappa shape index (κ3) is 3.71. The Hall–Kier alpha value is -2.46. The first kappa shape index (κ1) is 16.4. The minimum absolute atomic E-state index is 0.734. The molecule has 1 N–H and O–H groups in total. The van der Waals surface area contributed by atoms with Gasteiger partial charge >= 0.3 is 0 Å². The first-order chi connectivity index (χ1) is 11.7. The van der Waals surface area contributed by atoms with Crippen molar-refractivity contribution in [3.8, 4) is 17.0 Å². The molecule has 2 aromatic rings. The summed E-state index contributed by atoms with van der Waals surface area (Å²) >= 11 is 6.01. The van der Waals surface area contributed by atoms with Crippen molar-refractivity contribution in [2.24, 2.45) is 7.05 Å². The molecule has 0 bridgehead atoms. The zero-order valence-electron chi connectivity index (χ0n) is 13.8. The molecule has 0 saturated heterocycles. The molecule has 0 saturated carbocycles. The Kier molecular flexibility index (Phi) is 5.06. The van der Waals surface area contributed by atoms with Gasteiger partial charge < -0.3 is 14.6 Å². The molecule has 124 valence electrons. The average molecular weight is 342 g/mol. The van der Waals surface area contributed by atoms with E-state index in [2.05, 4.69) is 27.0 Å². The number of hydrogen-bond donors (Lipinski definition) is 1. The lowest BCUT2D eigenvalue weighted by Crippen LogP contribution is -2.09. The number of halogens is 1. The molecule has 1 aromatic carbocycles. The number of anilines is 1. The second-order valence-electron chi connectivity index (χ2n) is 5.59. The number of nitrogens with one attached hydrogen (secondary N) is 1. The van der Waals surface area contributed by atoms with E-state index in [1.54, 1.807) is 7.11 Å². The van der Waals surface area contributed by atoms with Crippen LogP contribution in [0.4, 0.5) is 5.95 Å². The maximum atomic E-state index is 6.01. The molecule has 1 heterocycles. The summed E-state index contributed by atoms with van der Waals surface area (Å²) in [6.07, 6.45) is 10.7. The summed E-state index contributed by atoms with van der Waals surface area (Å²) in [5.74, 6) is 1.68. The predicted molar refractivity (Wildman–Crippen MR) is 99.5 cm³/mol. The number of rotatable bonds is 5. The molecule has 1 aromatic heterocycles. The van der Waals surface area contributed by atoms with Gasteiger partial charge in [0, 0.05) is 24.2 Å². The molecule has 4 nitrogen and oxygen atoms in total. The van der Waals surface area contributed by atoms with Crippen LogP contribution in [0, 0.1) is 0 Å². The Balaban J connectivity index is 1.72. The molecule has 1 aliphatic rings. The minimum atomic E-state index is 0.734. The summed E-state index contributed by atoms with van der Waals surface area (Å²) in [6.45, 7) is 0.734. The maximum absolute atomic E-state index is 6.01. The highest BCUT2D eigenvalue weighted by Gasteiger charge is 2.09. The van der Waals surface area contributed by atoms with Crippen LogP contribution in [0.5, 0.6) is 5.75 Å². The van der Waals surface area contributed by atoms with Crippen LogP contribution in [0.25, 0.3) is 11.3 Å². The number of methoxy groups -OCH3 is 1. The van der Waals surface area contributed by atoms with Crippen molar-refractivity contribution in [3.05, 3.63) is 65.4 Å². The Bertz CT molecular complexity index is 801. The molecule has 24 heavy (non-hydrogen) atoms. The van der Waals surface area contributed by atoms with Gasteiger partial charge in [-0.3, -0.25) is 0 Å². The molecule has 0 aliphatic heterocycles. The molecule has 0 unspecified atom stereocenters. The summed E-state index contributed by atoms with van der Waals surface area (Å²) < 4.78 is 7.26. The van der Waals surface area contributed by atoms with Gasteiger partial charge in [-0.15, -0.1) is 0 Å². The second kappa shape index (κ2) is 7.41. The fraction of sp³-hybridized carbons (Fsp3) is 0.211. The van der Waals surface area contributed by atoms with Crippen LogP contribution in [0.3, 0.4) is 0 Å². The number of nitrogens with zero attached hydrogens (tertiary/aromatic N) is 2. The van der Waals surface area contributed by atoms with Crippen LogP contribution >= 0.6 is 11.6 Å². The van der Waals surface area contributed by atoms with Crippen LogP contribution in [0.15, 0.2) is 65.4 Å². The van der Waals surface area contributed by atoms with E-state index in [-0.39, 0.29) is 0 Å². The quantitative estimate of drug-likeness (QED) is 0.869. The van der Waals surface area contributed by atoms with E-state index < -0.39 is 0 Å². The van der Waals surface area contributed by atoms with E-state index in [1.807, 2.05) is 49.7 Å². The highest BCUT2D eigenvalue weighted by atomic mass is 35.5. The lowest BCUT2D eigenvalue weighted by atomic mass is 10.1. The molecule has 0 spiro atoms. The van der Waals surface area contributed by atoms with Crippen molar-refractivity contribution in [1.29, 1.82) is 0 Å². The Labute approximate surface area is 147 Å². The fourth-order valence-corrected chi connectivity index (χ4v) is 2.72. The van der Waals surface area contributed by atoms with Crippen LogP contribution in [-0.4, -0.2) is 23.2 Å². The average Bonchev–Trinajstić information content (AvgIpc) is 2.83. The summed E-state index contributed by atoms with van der Waals surface area (Å²) in [5, 5.41) is 4.14. The predicted octanol–water partition coefficient (Wildman–Crippen LogP) is 4.52. The van der Waals surface area contributed by atoms with Crippen molar-refractivity contribution < 1.29 is 4.74 Å². The molecule has 5 heteroatoms. The monoisotopic (exact) mass is 341 g/mol. The van der Waals surface area contributed by atoms with Crippen LogP contribution < -0.4 is 10.1 Å². The van der Waals surface area contributed by atoms with Gasteiger partial charge in [0.1, 0.15) is 5.75 Å². The highest BCUT2D eigenvalue weighted by molar-refractivity contribution is 6.31. The van der Waals surface area contributed by atoms with Crippen molar-refractivity contribution >= 4 is 17.5 Å². The standard InChI is InChI=1S/C19H20ClN3O/c1-23-18(15-7-10-17(24-2)11-8-15)13-22-19(23)21-12-14-4-3-5-16(20)9-6-14/h3,5-11,13H,4,12H2,1-2H3,(H,21,22). The van der Waals surface area contributed by atoms with E-state index in [0.717, 1.165) is 41.0 Å². The van der Waals surface area contributed by atoms with Crippen LogP contribution in [0.2, 0.25) is 0 Å². The first-order valence-corrected chi connectivity index (χ1v) is 8.17. The Morgan fingerprint density at radius 1 is 1.25 bits per heavy atom. The molecule has 3 rings (SSSR count). The molecule has 0 radical (unpaired) electrons. The van der Waals surface area contributed by atoms with Crippen LogP contribution in [-0.2, 0) is 7.05 Å². The van der Waals surface area contributed by atoms with E-state index >= 15 is 0 Å². The van der Waals surface area contributed by atoms with Gasteiger partial charge in [0.15, 0.2) is 0 Å². The molecular weight excluding hydrogens is 322 g/mol. The largest absolute Gasteiger partial charge is 0.497 e. The second-order valence-corrected chi connectivity index (χ2v) is 6.03. The topological polar surface area (TPSA) is 39.1 Å². The van der Waals surface area contributed by atoms with E-state index in [9.17, 15) is 0 Å². The van der Waals surface area contributed by atoms with Gasteiger partial charge in [0.25, 0.3) is 0 Å². The van der Waals surface area contributed by atoms with Gasteiger partial charge in [-0.25, -0.2) is 4.98 Å². The number of aromatic nitrogens is 2. The first-order valence-electron chi connectivity index (χ1n) is 7.79.